The number of nitrogens with zero attached hydrogens (tertiary/aromatic N) is 1. The lowest BCUT2D eigenvalue weighted by Crippen LogP contribution is -2.30. The second kappa shape index (κ2) is 4.07. The third-order valence-corrected chi connectivity index (χ3v) is 5.34. The van der Waals surface area contributed by atoms with Crippen LogP contribution < -0.4 is 0 Å². The lowest BCUT2D eigenvalue weighted by atomic mass is 10.1. The smallest absolute Gasteiger partial charge is 0.207 e. The molecule has 1 saturated carbocycles. The first-order valence-corrected chi connectivity index (χ1v) is 7.03. The van der Waals surface area contributed by atoms with Crippen LogP contribution in [0.25, 0.3) is 0 Å². The van der Waals surface area contributed by atoms with Crippen LogP contribution in [0.5, 0.6) is 0 Å². The molecule has 0 spiro atoms. The Morgan fingerprint density at radius 3 is 2.12 bits per heavy atom. The zero-order valence-electron chi connectivity index (χ0n) is 10.2. The zero-order chi connectivity index (χ0) is 12.8. The average Bonchev–Trinajstić information content (AvgIpc) is 2.96. The number of rotatable bonds is 3. The van der Waals surface area contributed by atoms with Crippen LogP contribution in [0, 0.1) is 19.7 Å². The van der Waals surface area contributed by atoms with Crippen LogP contribution in [-0.4, -0.2) is 25.8 Å². The van der Waals surface area contributed by atoms with E-state index in [-0.39, 0.29) is 10.9 Å². The van der Waals surface area contributed by atoms with Gasteiger partial charge in [0.1, 0.15) is 5.82 Å². The quantitative estimate of drug-likeness (QED) is 0.832. The van der Waals surface area contributed by atoms with Crippen LogP contribution in [0.1, 0.15) is 24.0 Å². The van der Waals surface area contributed by atoms with Crippen LogP contribution in [-0.2, 0) is 10.0 Å². The molecule has 0 aromatic heterocycles. The molecule has 2 rings (SSSR count). The van der Waals surface area contributed by atoms with Crippen LogP contribution in [0.4, 0.5) is 4.39 Å². The molecular weight excluding hydrogens is 241 g/mol. The molecule has 0 amide bonds. The average molecular weight is 257 g/mol. The summed E-state index contributed by atoms with van der Waals surface area (Å²) in [5.74, 6) is -0.395. The molecular formula is C12H16FNO2S. The Balaban J connectivity index is 2.53. The Hall–Kier alpha value is -0.940. The lowest BCUT2D eigenvalue weighted by Gasteiger charge is -2.19. The first-order valence-electron chi connectivity index (χ1n) is 5.59. The molecule has 0 bridgehead atoms. The van der Waals surface area contributed by atoms with Gasteiger partial charge >= 0.3 is 0 Å². The summed E-state index contributed by atoms with van der Waals surface area (Å²) in [5.41, 5.74) is 0.935. The zero-order valence-corrected chi connectivity index (χ0v) is 11.0. The highest BCUT2D eigenvalue weighted by Gasteiger charge is 2.36. The summed E-state index contributed by atoms with van der Waals surface area (Å²) in [5, 5.41) is 0. The molecule has 1 aromatic carbocycles. The fourth-order valence-electron chi connectivity index (χ4n) is 2.08. The fraction of sp³-hybridized carbons (Fsp3) is 0.500. The Morgan fingerprint density at radius 1 is 1.24 bits per heavy atom. The first kappa shape index (κ1) is 12.5. The Kier molecular flexibility index (Phi) is 2.99. The van der Waals surface area contributed by atoms with Gasteiger partial charge < -0.3 is 0 Å². The van der Waals surface area contributed by atoms with E-state index >= 15 is 0 Å². The highest BCUT2D eigenvalue weighted by atomic mass is 32.2. The molecule has 17 heavy (non-hydrogen) atoms. The number of benzene rings is 1. The van der Waals surface area contributed by atoms with Gasteiger partial charge in [-0.2, -0.15) is 4.31 Å². The summed E-state index contributed by atoms with van der Waals surface area (Å²) < 4.78 is 39.3. The van der Waals surface area contributed by atoms with Gasteiger partial charge in [-0.05, 0) is 49.9 Å². The van der Waals surface area contributed by atoms with Crippen molar-refractivity contribution >= 4 is 10.0 Å². The van der Waals surface area contributed by atoms with Crippen molar-refractivity contribution in [2.75, 3.05) is 7.05 Å². The Bertz CT molecular complexity index is 527. The topological polar surface area (TPSA) is 37.4 Å². The summed E-state index contributed by atoms with van der Waals surface area (Å²) in [6, 6.07) is 2.64. The third kappa shape index (κ3) is 2.21. The largest absolute Gasteiger partial charge is 0.243 e. The monoisotopic (exact) mass is 257 g/mol. The van der Waals surface area contributed by atoms with E-state index in [1.165, 1.54) is 16.4 Å². The second-order valence-electron chi connectivity index (χ2n) is 4.62. The van der Waals surface area contributed by atoms with E-state index < -0.39 is 15.8 Å². The van der Waals surface area contributed by atoms with Crippen molar-refractivity contribution in [2.45, 2.75) is 37.6 Å². The SMILES string of the molecule is Cc1cc(F)cc(C)c1S(=O)(=O)N(C)C1CC1. The highest BCUT2D eigenvalue weighted by molar-refractivity contribution is 7.89. The number of hydrogen-bond donors (Lipinski definition) is 0. The summed E-state index contributed by atoms with van der Waals surface area (Å²) in [6.45, 7) is 3.26. The molecule has 5 heteroatoms. The van der Waals surface area contributed by atoms with E-state index in [4.69, 9.17) is 0 Å². The molecule has 1 aromatic rings. The van der Waals surface area contributed by atoms with Gasteiger partial charge in [0, 0.05) is 13.1 Å². The van der Waals surface area contributed by atoms with Crippen molar-refractivity contribution in [3.05, 3.63) is 29.1 Å². The van der Waals surface area contributed by atoms with Crippen LogP contribution in [0.2, 0.25) is 0 Å². The summed E-state index contributed by atoms with van der Waals surface area (Å²) in [7, 11) is -1.89. The minimum absolute atomic E-state index is 0.115. The minimum atomic E-state index is -3.49. The van der Waals surface area contributed by atoms with E-state index in [0.717, 1.165) is 12.8 Å². The van der Waals surface area contributed by atoms with Gasteiger partial charge in [0.05, 0.1) is 4.90 Å². The van der Waals surface area contributed by atoms with E-state index in [1.807, 2.05) is 0 Å². The molecule has 0 aliphatic heterocycles. The number of halogens is 1. The maximum absolute atomic E-state index is 13.2. The molecule has 0 radical (unpaired) electrons. The van der Waals surface area contributed by atoms with Gasteiger partial charge in [0.15, 0.2) is 0 Å². The fourth-order valence-corrected chi connectivity index (χ4v) is 3.91. The minimum Gasteiger partial charge on any atom is -0.207 e. The van der Waals surface area contributed by atoms with Crippen molar-refractivity contribution in [3.8, 4) is 0 Å². The molecule has 0 saturated heterocycles. The second-order valence-corrected chi connectivity index (χ2v) is 6.56. The third-order valence-electron chi connectivity index (χ3n) is 3.12. The molecule has 94 valence electrons. The molecule has 0 unspecified atom stereocenters. The summed E-state index contributed by atoms with van der Waals surface area (Å²) >= 11 is 0. The Morgan fingerprint density at radius 2 is 1.71 bits per heavy atom. The molecule has 1 fully saturated rings. The number of sulfonamides is 1. The van der Waals surface area contributed by atoms with Crippen LogP contribution in [0.3, 0.4) is 0 Å². The van der Waals surface area contributed by atoms with Gasteiger partial charge in [-0.15, -0.1) is 0 Å². The van der Waals surface area contributed by atoms with Crippen molar-refractivity contribution in [2.24, 2.45) is 0 Å². The van der Waals surface area contributed by atoms with Crippen LogP contribution in [0.15, 0.2) is 17.0 Å². The molecule has 1 aliphatic carbocycles. The number of aryl methyl sites for hydroxylation is 2. The molecule has 0 atom stereocenters. The van der Waals surface area contributed by atoms with Crippen molar-refractivity contribution in [3.63, 3.8) is 0 Å². The molecule has 0 N–H and O–H groups in total. The van der Waals surface area contributed by atoms with Gasteiger partial charge in [-0.25, -0.2) is 12.8 Å². The molecule has 1 aliphatic rings. The van der Waals surface area contributed by atoms with E-state index in [0.29, 0.717) is 11.1 Å². The van der Waals surface area contributed by atoms with Gasteiger partial charge in [-0.1, -0.05) is 0 Å². The maximum Gasteiger partial charge on any atom is 0.243 e. The van der Waals surface area contributed by atoms with Gasteiger partial charge in [0.2, 0.25) is 10.0 Å². The predicted molar refractivity (Wildman–Crippen MR) is 63.8 cm³/mol. The molecule has 3 nitrogen and oxygen atoms in total. The van der Waals surface area contributed by atoms with Crippen LogP contribution >= 0.6 is 0 Å². The van der Waals surface area contributed by atoms with Gasteiger partial charge in [-0.3, -0.25) is 0 Å². The number of hydrogen-bond acceptors (Lipinski definition) is 2. The first-order chi connectivity index (χ1) is 7.84. The van der Waals surface area contributed by atoms with E-state index in [9.17, 15) is 12.8 Å². The van der Waals surface area contributed by atoms with Crippen molar-refractivity contribution in [1.29, 1.82) is 0 Å². The van der Waals surface area contributed by atoms with Crippen molar-refractivity contribution < 1.29 is 12.8 Å². The molecule has 0 heterocycles. The van der Waals surface area contributed by atoms with E-state index in [1.54, 1.807) is 20.9 Å². The standard InChI is InChI=1S/C12H16FNO2S/c1-8-6-10(13)7-9(2)12(8)17(15,16)14(3)11-4-5-11/h6-7,11H,4-5H2,1-3H3. The lowest BCUT2D eigenvalue weighted by molar-refractivity contribution is 0.463. The normalized spacial score (nSPS) is 16.5. The van der Waals surface area contributed by atoms with Crippen molar-refractivity contribution in [1.82, 2.24) is 4.31 Å². The van der Waals surface area contributed by atoms with E-state index in [2.05, 4.69) is 0 Å². The highest BCUT2D eigenvalue weighted by Crippen LogP contribution is 2.32. The Labute approximate surface area is 101 Å². The summed E-state index contributed by atoms with van der Waals surface area (Å²) in [6.07, 6.45) is 1.82. The predicted octanol–water partition coefficient (Wildman–Crippen LogP) is 2.23. The maximum atomic E-state index is 13.2. The van der Waals surface area contributed by atoms with Gasteiger partial charge in [0.25, 0.3) is 0 Å². The summed E-state index contributed by atoms with van der Waals surface area (Å²) in [4.78, 5) is 0.244.